The Bertz CT molecular complexity index is 593. The molecule has 2 saturated carbocycles. The number of rotatable bonds is 9. The first kappa shape index (κ1) is 22.2. The van der Waals surface area contributed by atoms with Gasteiger partial charge in [-0.3, -0.25) is 4.79 Å². The second-order valence-electron chi connectivity index (χ2n) is 9.21. The molecular formula is C26H40O3. The van der Waals surface area contributed by atoms with Crippen LogP contribution in [0.4, 0.5) is 0 Å². The van der Waals surface area contributed by atoms with Crippen molar-refractivity contribution in [1.82, 2.24) is 0 Å². The number of unbranched alkanes of at least 4 members (excludes halogenated alkanes) is 2. The summed E-state index contributed by atoms with van der Waals surface area (Å²) in [4.78, 5) is 12.6. The van der Waals surface area contributed by atoms with E-state index in [1.54, 1.807) is 0 Å². The SMILES string of the molecule is CCCCCC1CCC(C2CCC(C(=O)Oc3ccc(OCC)cc3)CC2)CC1. The lowest BCUT2D eigenvalue weighted by Crippen LogP contribution is -2.30. The first-order valence-electron chi connectivity index (χ1n) is 12.1. The summed E-state index contributed by atoms with van der Waals surface area (Å²) in [5.41, 5.74) is 0. The van der Waals surface area contributed by atoms with Crippen LogP contribution in [-0.4, -0.2) is 12.6 Å². The van der Waals surface area contributed by atoms with Gasteiger partial charge >= 0.3 is 5.97 Å². The lowest BCUT2D eigenvalue weighted by Gasteiger charge is -2.37. The van der Waals surface area contributed by atoms with Crippen molar-refractivity contribution in [2.24, 2.45) is 23.7 Å². The lowest BCUT2D eigenvalue weighted by molar-refractivity contribution is -0.140. The molecule has 1 aromatic carbocycles. The third kappa shape index (κ3) is 6.76. The van der Waals surface area contributed by atoms with E-state index >= 15 is 0 Å². The monoisotopic (exact) mass is 400 g/mol. The van der Waals surface area contributed by atoms with E-state index in [0.717, 1.165) is 36.3 Å². The molecule has 0 atom stereocenters. The Morgan fingerprint density at radius 1 is 0.828 bits per heavy atom. The van der Waals surface area contributed by atoms with Gasteiger partial charge in [-0.1, -0.05) is 45.4 Å². The average Bonchev–Trinajstić information content (AvgIpc) is 2.76. The van der Waals surface area contributed by atoms with Crippen LogP contribution in [0.3, 0.4) is 0 Å². The molecule has 162 valence electrons. The predicted molar refractivity (Wildman–Crippen MR) is 118 cm³/mol. The molecule has 0 bridgehead atoms. The van der Waals surface area contributed by atoms with Crippen molar-refractivity contribution < 1.29 is 14.3 Å². The zero-order valence-electron chi connectivity index (χ0n) is 18.5. The molecule has 0 aliphatic heterocycles. The van der Waals surface area contributed by atoms with Crippen LogP contribution in [0, 0.1) is 23.7 Å². The minimum Gasteiger partial charge on any atom is -0.494 e. The van der Waals surface area contributed by atoms with Gasteiger partial charge in [0, 0.05) is 0 Å². The van der Waals surface area contributed by atoms with Crippen LogP contribution in [0.2, 0.25) is 0 Å². The van der Waals surface area contributed by atoms with Gasteiger partial charge in [0.05, 0.1) is 12.5 Å². The van der Waals surface area contributed by atoms with Gasteiger partial charge in [0.15, 0.2) is 0 Å². The van der Waals surface area contributed by atoms with Crippen LogP contribution in [0.15, 0.2) is 24.3 Å². The standard InChI is InChI=1S/C26H40O3/c1-3-5-6-7-20-8-10-21(11-9-20)22-12-14-23(15-13-22)26(27)29-25-18-16-24(17-19-25)28-4-2/h16-23H,3-15H2,1-2H3. The highest BCUT2D eigenvalue weighted by atomic mass is 16.5. The molecule has 0 radical (unpaired) electrons. The van der Waals surface area contributed by atoms with Crippen molar-refractivity contribution in [2.75, 3.05) is 6.61 Å². The first-order valence-corrected chi connectivity index (χ1v) is 12.1. The van der Waals surface area contributed by atoms with Crippen molar-refractivity contribution in [3.8, 4) is 11.5 Å². The molecule has 2 aliphatic carbocycles. The predicted octanol–water partition coefficient (Wildman–Crippen LogP) is 7.18. The first-order chi connectivity index (χ1) is 14.2. The minimum absolute atomic E-state index is 0.0488. The average molecular weight is 401 g/mol. The van der Waals surface area contributed by atoms with Gasteiger partial charge in [-0.05, 0) is 87.5 Å². The summed E-state index contributed by atoms with van der Waals surface area (Å²) in [6.45, 7) is 4.90. The zero-order chi connectivity index (χ0) is 20.5. The Hall–Kier alpha value is -1.51. The second-order valence-corrected chi connectivity index (χ2v) is 9.21. The Morgan fingerprint density at radius 2 is 1.41 bits per heavy atom. The second kappa shape index (κ2) is 11.6. The number of benzene rings is 1. The highest BCUT2D eigenvalue weighted by Gasteiger charge is 2.33. The molecule has 0 amide bonds. The summed E-state index contributed by atoms with van der Waals surface area (Å²) >= 11 is 0. The summed E-state index contributed by atoms with van der Waals surface area (Å²) < 4.78 is 11.1. The Morgan fingerprint density at radius 3 is 2.00 bits per heavy atom. The maximum absolute atomic E-state index is 12.6. The summed E-state index contributed by atoms with van der Waals surface area (Å²) in [5.74, 6) is 4.19. The summed E-state index contributed by atoms with van der Waals surface area (Å²) in [6, 6.07) is 7.38. The molecule has 0 aromatic heterocycles. The van der Waals surface area contributed by atoms with Crippen molar-refractivity contribution in [3.63, 3.8) is 0 Å². The number of hydrogen-bond donors (Lipinski definition) is 0. The van der Waals surface area contributed by atoms with Crippen LogP contribution < -0.4 is 9.47 Å². The van der Waals surface area contributed by atoms with Gasteiger partial charge in [0.1, 0.15) is 11.5 Å². The molecule has 3 heteroatoms. The fraction of sp³-hybridized carbons (Fsp3) is 0.731. The quantitative estimate of drug-likeness (QED) is 0.250. The molecule has 3 nitrogen and oxygen atoms in total. The minimum atomic E-state index is -0.0488. The fourth-order valence-corrected chi connectivity index (χ4v) is 5.43. The van der Waals surface area contributed by atoms with E-state index in [-0.39, 0.29) is 11.9 Å². The molecular weight excluding hydrogens is 360 g/mol. The fourth-order valence-electron chi connectivity index (χ4n) is 5.43. The van der Waals surface area contributed by atoms with Gasteiger partial charge in [-0.25, -0.2) is 0 Å². The lowest BCUT2D eigenvalue weighted by atomic mass is 9.68. The number of ether oxygens (including phenoxy) is 2. The van der Waals surface area contributed by atoms with Crippen LogP contribution in [0.25, 0.3) is 0 Å². The van der Waals surface area contributed by atoms with E-state index in [4.69, 9.17) is 9.47 Å². The molecule has 3 rings (SSSR count). The topological polar surface area (TPSA) is 35.5 Å². The molecule has 0 spiro atoms. The van der Waals surface area contributed by atoms with Crippen LogP contribution in [0.5, 0.6) is 11.5 Å². The molecule has 0 unspecified atom stereocenters. The van der Waals surface area contributed by atoms with Gasteiger partial charge < -0.3 is 9.47 Å². The highest BCUT2D eigenvalue weighted by molar-refractivity contribution is 5.75. The summed E-state index contributed by atoms with van der Waals surface area (Å²) in [7, 11) is 0. The third-order valence-corrected chi connectivity index (χ3v) is 7.23. The largest absolute Gasteiger partial charge is 0.494 e. The van der Waals surface area contributed by atoms with Crippen molar-refractivity contribution in [3.05, 3.63) is 24.3 Å². The number of carbonyl (C=O) groups excluding carboxylic acids is 1. The molecule has 2 aliphatic rings. The Balaban J connectivity index is 1.37. The number of esters is 1. The van der Waals surface area contributed by atoms with Crippen LogP contribution >= 0.6 is 0 Å². The Labute approximate surface area is 177 Å². The molecule has 2 fully saturated rings. The van der Waals surface area contributed by atoms with Crippen LogP contribution in [-0.2, 0) is 4.79 Å². The van der Waals surface area contributed by atoms with Crippen LogP contribution in [0.1, 0.15) is 90.9 Å². The normalized spacial score (nSPS) is 27.4. The Kier molecular flexibility index (Phi) is 8.89. The number of hydrogen-bond acceptors (Lipinski definition) is 3. The molecule has 1 aromatic rings. The smallest absolute Gasteiger partial charge is 0.314 e. The molecule has 0 saturated heterocycles. The molecule has 0 N–H and O–H groups in total. The molecule has 29 heavy (non-hydrogen) atoms. The molecule has 0 heterocycles. The van der Waals surface area contributed by atoms with Gasteiger partial charge in [0.2, 0.25) is 0 Å². The number of carbonyl (C=O) groups is 1. The summed E-state index contributed by atoms with van der Waals surface area (Å²) in [6.07, 6.45) is 15.7. The van der Waals surface area contributed by atoms with Gasteiger partial charge in [0.25, 0.3) is 0 Å². The van der Waals surface area contributed by atoms with Crippen molar-refractivity contribution in [1.29, 1.82) is 0 Å². The van der Waals surface area contributed by atoms with E-state index in [1.807, 2.05) is 31.2 Å². The van der Waals surface area contributed by atoms with E-state index in [0.29, 0.717) is 12.4 Å². The van der Waals surface area contributed by atoms with E-state index in [2.05, 4.69) is 6.92 Å². The highest BCUT2D eigenvalue weighted by Crippen LogP contribution is 2.42. The van der Waals surface area contributed by atoms with Crippen molar-refractivity contribution >= 4 is 5.97 Å². The summed E-state index contributed by atoms with van der Waals surface area (Å²) in [5, 5.41) is 0. The maximum Gasteiger partial charge on any atom is 0.314 e. The zero-order valence-corrected chi connectivity index (χ0v) is 18.5. The van der Waals surface area contributed by atoms with Crippen molar-refractivity contribution in [2.45, 2.75) is 90.9 Å². The van der Waals surface area contributed by atoms with Gasteiger partial charge in [-0.2, -0.15) is 0 Å². The van der Waals surface area contributed by atoms with E-state index in [1.165, 1.54) is 64.2 Å². The third-order valence-electron chi connectivity index (χ3n) is 7.23. The maximum atomic E-state index is 12.6. The van der Waals surface area contributed by atoms with Gasteiger partial charge in [-0.15, -0.1) is 0 Å². The van der Waals surface area contributed by atoms with E-state index in [9.17, 15) is 4.79 Å². The van der Waals surface area contributed by atoms with E-state index < -0.39 is 0 Å².